The molecule has 2 atom stereocenters. The number of aryl methyl sites for hydroxylation is 1. The number of hydrogen-bond donors (Lipinski definition) is 3. The topological polar surface area (TPSA) is 87.7 Å². The van der Waals surface area contributed by atoms with E-state index < -0.39 is 29.7 Å². The number of anilines is 1. The van der Waals surface area contributed by atoms with E-state index in [1.54, 1.807) is 20.8 Å². The average molecular weight is 500 g/mol. The number of rotatable bonds is 10. The molecule has 2 aromatic rings. The van der Waals surface area contributed by atoms with Crippen LogP contribution < -0.4 is 10.6 Å². The van der Waals surface area contributed by atoms with Gasteiger partial charge in [-0.05, 0) is 51.3 Å². The summed E-state index contributed by atoms with van der Waals surface area (Å²) in [4.78, 5) is 41.3. The van der Waals surface area contributed by atoms with E-state index in [0.29, 0.717) is 24.2 Å². The fraction of sp³-hybridized carbons (Fsp3) is 0.444. The molecule has 2 N–H and O–H groups in total. The maximum Gasteiger partial charge on any atom is 0.408 e. The minimum absolute atomic E-state index is 0.0572. The summed E-state index contributed by atoms with van der Waals surface area (Å²) in [6.07, 6.45) is 0.815. The smallest absolute Gasteiger partial charge is 0.408 e. The van der Waals surface area contributed by atoms with Crippen molar-refractivity contribution in [3.63, 3.8) is 0 Å². The molecule has 2 aromatic carbocycles. The number of benzene rings is 2. The van der Waals surface area contributed by atoms with Gasteiger partial charge in [0.2, 0.25) is 5.91 Å². The summed E-state index contributed by atoms with van der Waals surface area (Å²) in [7, 11) is 0. The van der Waals surface area contributed by atoms with Gasteiger partial charge in [-0.1, -0.05) is 61.9 Å². The van der Waals surface area contributed by atoms with Gasteiger partial charge in [-0.2, -0.15) is 12.6 Å². The van der Waals surface area contributed by atoms with E-state index >= 15 is 0 Å². The van der Waals surface area contributed by atoms with E-state index in [2.05, 4.69) is 23.3 Å². The Morgan fingerprint density at radius 3 is 2.23 bits per heavy atom. The van der Waals surface area contributed by atoms with Gasteiger partial charge in [-0.3, -0.25) is 9.59 Å². The molecule has 0 aliphatic carbocycles. The molecule has 35 heavy (non-hydrogen) atoms. The predicted octanol–water partition coefficient (Wildman–Crippen LogP) is 5.13. The van der Waals surface area contributed by atoms with Gasteiger partial charge in [-0.15, -0.1) is 0 Å². The van der Waals surface area contributed by atoms with Crippen LogP contribution in [0.2, 0.25) is 0 Å². The summed E-state index contributed by atoms with van der Waals surface area (Å²) >= 11 is 4.31. The van der Waals surface area contributed by atoms with Crippen LogP contribution in [0, 0.1) is 6.92 Å². The lowest BCUT2D eigenvalue weighted by Gasteiger charge is -2.34. The lowest BCUT2D eigenvalue weighted by molar-refractivity contribution is -0.140. The number of hydrogen-bond acceptors (Lipinski definition) is 5. The summed E-state index contributed by atoms with van der Waals surface area (Å²) in [6.45, 7) is 9.52. The van der Waals surface area contributed by atoms with Crippen molar-refractivity contribution in [3.05, 3.63) is 65.7 Å². The monoisotopic (exact) mass is 499 g/mol. The molecule has 0 aliphatic rings. The van der Waals surface area contributed by atoms with E-state index in [9.17, 15) is 14.4 Å². The Bertz CT molecular complexity index is 991. The summed E-state index contributed by atoms with van der Waals surface area (Å²) in [5, 5.41) is 5.61. The molecule has 2 unspecified atom stereocenters. The van der Waals surface area contributed by atoms with Crippen molar-refractivity contribution in [2.24, 2.45) is 0 Å². The fourth-order valence-electron chi connectivity index (χ4n) is 3.55. The highest BCUT2D eigenvalue weighted by Crippen LogP contribution is 2.26. The van der Waals surface area contributed by atoms with Crippen molar-refractivity contribution in [2.45, 2.75) is 65.1 Å². The van der Waals surface area contributed by atoms with Gasteiger partial charge in [0.05, 0.1) is 0 Å². The van der Waals surface area contributed by atoms with Crippen molar-refractivity contribution in [1.29, 1.82) is 0 Å². The van der Waals surface area contributed by atoms with Crippen molar-refractivity contribution in [2.75, 3.05) is 17.6 Å². The molecule has 0 heterocycles. The van der Waals surface area contributed by atoms with Gasteiger partial charge in [0, 0.05) is 18.0 Å². The van der Waals surface area contributed by atoms with Crippen LogP contribution in [-0.4, -0.2) is 46.7 Å². The van der Waals surface area contributed by atoms with Gasteiger partial charge >= 0.3 is 6.09 Å². The second-order valence-electron chi connectivity index (χ2n) is 9.38. The summed E-state index contributed by atoms with van der Waals surface area (Å²) in [5.41, 5.74) is 1.56. The average Bonchev–Trinajstić information content (AvgIpc) is 2.80. The maximum absolute atomic E-state index is 13.7. The second kappa shape index (κ2) is 13.2. The normalized spacial score (nSPS) is 12.9. The summed E-state index contributed by atoms with van der Waals surface area (Å²) in [6, 6.07) is 14.8. The number of carbonyl (C=O) groups excluding carboxylic acids is 3. The minimum Gasteiger partial charge on any atom is -0.444 e. The van der Waals surface area contributed by atoms with Crippen molar-refractivity contribution < 1.29 is 19.1 Å². The third kappa shape index (κ3) is 8.62. The summed E-state index contributed by atoms with van der Waals surface area (Å²) < 4.78 is 5.33. The molecular formula is C27H37N3O4S. The number of ether oxygens (including phenoxy) is 1. The molecule has 7 nitrogen and oxygen atoms in total. The zero-order valence-electron chi connectivity index (χ0n) is 21.2. The van der Waals surface area contributed by atoms with Crippen LogP contribution in [0.5, 0.6) is 0 Å². The number of nitrogens with zero attached hydrogens (tertiary/aromatic N) is 1. The highest BCUT2D eigenvalue weighted by atomic mass is 32.1. The quantitative estimate of drug-likeness (QED) is 0.396. The van der Waals surface area contributed by atoms with Crippen molar-refractivity contribution >= 4 is 36.2 Å². The second-order valence-corrected chi connectivity index (χ2v) is 9.75. The van der Waals surface area contributed by atoms with Crippen LogP contribution in [0.15, 0.2) is 54.6 Å². The van der Waals surface area contributed by atoms with E-state index in [1.807, 2.05) is 68.4 Å². The molecule has 0 saturated heterocycles. The zero-order valence-corrected chi connectivity index (χ0v) is 22.1. The Hall–Kier alpha value is -3.00. The number of carbonyl (C=O) groups is 3. The van der Waals surface area contributed by atoms with Crippen LogP contribution in [0.4, 0.5) is 10.5 Å². The first-order valence-electron chi connectivity index (χ1n) is 11.9. The Kier molecular flexibility index (Phi) is 10.6. The maximum atomic E-state index is 13.7. The predicted molar refractivity (Wildman–Crippen MR) is 143 cm³/mol. The van der Waals surface area contributed by atoms with E-state index in [0.717, 1.165) is 12.0 Å². The lowest BCUT2D eigenvalue weighted by Crippen LogP contribution is -2.53. The van der Waals surface area contributed by atoms with Gasteiger partial charge in [0.1, 0.15) is 17.7 Å². The Labute approximate surface area is 214 Å². The Balaban J connectivity index is 2.42. The first-order chi connectivity index (χ1) is 16.6. The Morgan fingerprint density at radius 2 is 1.66 bits per heavy atom. The highest BCUT2D eigenvalue weighted by Gasteiger charge is 2.35. The van der Waals surface area contributed by atoms with Gasteiger partial charge < -0.3 is 20.3 Å². The standard InChI is InChI=1S/C27H37N3O4S/c1-6-7-17-30(25(32)22(18-35)29-26(33)34-27(3,4)5)23(20-14-9-8-10-15-20)24(31)28-21-16-12-11-13-19(21)2/h8-16,22-23,35H,6-7,17-18H2,1-5H3,(H,28,31)(H,29,33). The molecule has 0 aliphatic heterocycles. The number of thiol groups is 1. The third-order valence-corrected chi connectivity index (χ3v) is 5.65. The SMILES string of the molecule is CCCCN(C(=O)C(CS)NC(=O)OC(C)(C)C)C(C(=O)Nc1ccccc1C)c1ccccc1. The van der Waals surface area contributed by atoms with E-state index in [-0.39, 0.29) is 11.7 Å². The molecular weight excluding hydrogens is 462 g/mol. The number of unbranched alkanes of at least 4 members (excludes halogenated alkanes) is 1. The molecule has 3 amide bonds. The molecule has 0 saturated carbocycles. The zero-order chi connectivity index (χ0) is 26.0. The molecule has 2 rings (SSSR count). The molecule has 190 valence electrons. The molecule has 0 aromatic heterocycles. The molecule has 0 radical (unpaired) electrons. The fourth-order valence-corrected chi connectivity index (χ4v) is 3.80. The molecule has 0 spiro atoms. The third-order valence-electron chi connectivity index (χ3n) is 5.29. The number of nitrogens with one attached hydrogen (secondary N) is 2. The van der Waals surface area contributed by atoms with Crippen LogP contribution in [0.1, 0.15) is 57.7 Å². The van der Waals surface area contributed by atoms with Gasteiger partial charge in [0.15, 0.2) is 0 Å². The van der Waals surface area contributed by atoms with Crippen molar-refractivity contribution in [3.8, 4) is 0 Å². The van der Waals surface area contributed by atoms with Crippen LogP contribution >= 0.6 is 12.6 Å². The van der Waals surface area contributed by atoms with Gasteiger partial charge in [0.25, 0.3) is 5.91 Å². The Morgan fingerprint density at radius 1 is 1.03 bits per heavy atom. The number of alkyl carbamates (subject to hydrolysis) is 1. The first-order valence-corrected chi connectivity index (χ1v) is 12.5. The highest BCUT2D eigenvalue weighted by molar-refractivity contribution is 7.80. The van der Waals surface area contributed by atoms with Crippen molar-refractivity contribution in [1.82, 2.24) is 10.2 Å². The van der Waals surface area contributed by atoms with Gasteiger partial charge in [-0.25, -0.2) is 4.79 Å². The molecule has 0 fully saturated rings. The molecule has 8 heteroatoms. The van der Waals surface area contributed by atoms with Crippen LogP contribution in [-0.2, 0) is 14.3 Å². The largest absolute Gasteiger partial charge is 0.444 e. The first kappa shape index (κ1) is 28.2. The lowest BCUT2D eigenvalue weighted by atomic mass is 10.0. The van der Waals surface area contributed by atoms with E-state index in [4.69, 9.17) is 4.74 Å². The number of para-hydroxylation sites is 1. The number of amides is 3. The molecule has 0 bridgehead atoms. The van der Waals surface area contributed by atoms with E-state index in [1.165, 1.54) is 4.90 Å². The minimum atomic E-state index is -0.956. The van der Waals surface area contributed by atoms with Crippen LogP contribution in [0.25, 0.3) is 0 Å². The van der Waals surface area contributed by atoms with Crippen LogP contribution in [0.3, 0.4) is 0 Å². The summed E-state index contributed by atoms with van der Waals surface area (Å²) in [5.74, 6) is -0.667.